The van der Waals surface area contributed by atoms with Crippen LogP contribution in [-0.4, -0.2) is 20.2 Å². The molecule has 6 heteroatoms. The Morgan fingerprint density at radius 3 is 2.94 bits per heavy atom. The highest BCUT2D eigenvalue weighted by atomic mass is 19.1. The molecule has 0 aliphatic heterocycles. The molecule has 5 nitrogen and oxygen atoms in total. The Hall–Kier alpha value is -1.98. The van der Waals surface area contributed by atoms with Crippen molar-refractivity contribution in [3.05, 3.63) is 29.8 Å². The van der Waals surface area contributed by atoms with Crippen LogP contribution in [0.15, 0.2) is 18.2 Å². The molecule has 0 unspecified atom stereocenters. The third kappa shape index (κ3) is 1.86. The second-order valence-electron chi connectivity index (χ2n) is 3.46. The third-order valence-electron chi connectivity index (χ3n) is 2.24. The molecular weight excluding hydrogens is 209 g/mol. The first kappa shape index (κ1) is 10.5. The fraction of sp³-hybridized carbons (Fsp3) is 0.300. The summed E-state index contributed by atoms with van der Waals surface area (Å²) in [6, 6.07) is 4.51. The Bertz CT molecular complexity index is 494. The molecule has 0 amide bonds. The average molecular weight is 221 g/mol. The second-order valence-corrected chi connectivity index (χ2v) is 3.46. The van der Waals surface area contributed by atoms with Gasteiger partial charge in [0.2, 0.25) is 0 Å². The Balaban J connectivity index is 2.42. The summed E-state index contributed by atoms with van der Waals surface area (Å²) in [5.74, 6) is 0.252. The van der Waals surface area contributed by atoms with Crippen molar-refractivity contribution in [2.45, 2.75) is 19.8 Å². The fourth-order valence-electron chi connectivity index (χ4n) is 1.43. The van der Waals surface area contributed by atoms with Gasteiger partial charge >= 0.3 is 0 Å². The zero-order valence-electron chi connectivity index (χ0n) is 8.89. The number of nitrogen functional groups attached to an aromatic ring is 1. The fourth-order valence-corrected chi connectivity index (χ4v) is 1.43. The van der Waals surface area contributed by atoms with Crippen LogP contribution in [0.4, 0.5) is 10.1 Å². The molecule has 2 aromatic rings. The maximum atomic E-state index is 13.3. The van der Waals surface area contributed by atoms with Crippen molar-refractivity contribution in [1.82, 2.24) is 20.2 Å². The minimum absolute atomic E-state index is 0.119. The van der Waals surface area contributed by atoms with Crippen molar-refractivity contribution in [3.63, 3.8) is 0 Å². The molecule has 1 aromatic heterocycles. The van der Waals surface area contributed by atoms with Gasteiger partial charge in [-0.15, -0.1) is 5.10 Å². The van der Waals surface area contributed by atoms with Gasteiger partial charge in [-0.2, -0.15) is 4.68 Å². The third-order valence-corrected chi connectivity index (χ3v) is 2.24. The van der Waals surface area contributed by atoms with Gasteiger partial charge in [0, 0.05) is 12.5 Å². The van der Waals surface area contributed by atoms with Crippen LogP contribution in [0.1, 0.15) is 19.2 Å². The van der Waals surface area contributed by atoms with Crippen LogP contribution in [0.3, 0.4) is 0 Å². The number of tetrazole rings is 1. The molecule has 0 aliphatic carbocycles. The first-order valence-corrected chi connectivity index (χ1v) is 5.05. The van der Waals surface area contributed by atoms with Crippen molar-refractivity contribution in [2.75, 3.05) is 5.73 Å². The highest BCUT2D eigenvalue weighted by Gasteiger charge is 2.08. The van der Waals surface area contributed by atoms with Crippen molar-refractivity contribution in [3.8, 4) is 5.69 Å². The van der Waals surface area contributed by atoms with E-state index in [1.807, 2.05) is 6.92 Å². The van der Waals surface area contributed by atoms with E-state index in [9.17, 15) is 4.39 Å². The first-order chi connectivity index (χ1) is 7.72. The van der Waals surface area contributed by atoms with Gasteiger partial charge in [0.25, 0.3) is 0 Å². The lowest BCUT2D eigenvalue weighted by Gasteiger charge is -2.04. The molecule has 16 heavy (non-hydrogen) atoms. The average Bonchev–Trinajstić information content (AvgIpc) is 2.71. The molecule has 1 heterocycles. The monoisotopic (exact) mass is 221 g/mol. The van der Waals surface area contributed by atoms with Gasteiger partial charge in [0.15, 0.2) is 5.82 Å². The Morgan fingerprint density at radius 2 is 2.25 bits per heavy atom. The Labute approximate surface area is 92.1 Å². The van der Waals surface area contributed by atoms with Crippen LogP contribution in [0.5, 0.6) is 0 Å². The SMILES string of the molecule is CCCc1nnnn1-c1ccc(N)c(F)c1. The standard InChI is InChI=1S/C10H12FN5/c1-2-3-10-13-14-15-16(10)7-4-5-9(12)8(11)6-7/h4-6H,2-3,12H2,1H3. The van der Waals surface area contributed by atoms with Gasteiger partial charge in [0.05, 0.1) is 11.4 Å². The van der Waals surface area contributed by atoms with Crippen LogP contribution >= 0.6 is 0 Å². The molecule has 0 saturated heterocycles. The van der Waals surface area contributed by atoms with E-state index < -0.39 is 5.82 Å². The molecule has 2 N–H and O–H groups in total. The van der Waals surface area contributed by atoms with E-state index in [0.29, 0.717) is 11.5 Å². The van der Waals surface area contributed by atoms with Gasteiger partial charge < -0.3 is 5.73 Å². The zero-order valence-corrected chi connectivity index (χ0v) is 8.89. The maximum Gasteiger partial charge on any atom is 0.156 e. The lowest BCUT2D eigenvalue weighted by atomic mass is 10.2. The largest absolute Gasteiger partial charge is 0.396 e. The highest BCUT2D eigenvalue weighted by Crippen LogP contribution is 2.15. The van der Waals surface area contributed by atoms with E-state index in [1.165, 1.54) is 16.8 Å². The number of aromatic nitrogens is 4. The molecule has 0 aliphatic rings. The van der Waals surface area contributed by atoms with E-state index in [2.05, 4.69) is 15.5 Å². The lowest BCUT2D eigenvalue weighted by Crippen LogP contribution is -2.04. The predicted molar refractivity (Wildman–Crippen MR) is 57.5 cm³/mol. The Morgan fingerprint density at radius 1 is 1.44 bits per heavy atom. The number of hydrogen-bond donors (Lipinski definition) is 1. The number of nitrogens with zero attached hydrogens (tertiary/aromatic N) is 4. The second kappa shape index (κ2) is 4.26. The first-order valence-electron chi connectivity index (χ1n) is 5.05. The van der Waals surface area contributed by atoms with E-state index in [0.717, 1.165) is 12.8 Å². The number of anilines is 1. The van der Waals surface area contributed by atoms with Crippen LogP contribution < -0.4 is 5.73 Å². The van der Waals surface area contributed by atoms with Gasteiger partial charge in [-0.1, -0.05) is 6.92 Å². The van der Waals surface area contributed by atoms with E-state index in [4.69, 9.17) is 5.73 Å². The van der Waals surface area contributed by atoms with Crippen molar-refractivity contribution in [2.24, 2.45) is 0 Å². The van der Waals surface area contributed by atoms with Crippen molar-refractivity contribution >= 4 is 5.69 Å². The molecule has 84 valence electrons. The van der Waals surface area contributed by atoms with Crippen molar-refractivity contribution in [1.29, 1.82) is 0 Å². The zero-order chi connectivity index (χ0) is 11.5. The summed E-state index contributed by atoms with van der Waals surface area (Å²) >= 11 is 0. The molecule has 0 fully saturated rings. The normalized spacial score (nSPS) is 10.6. The topological polar surface area (TPSA) is 69.6 Å². The number of aryl methyl sites for hydroxylation is 1. The van der Waals surface area contributed by atoms with Gasteiger partial charge in [0.1, 0.15) is 5.82 Å². The number of halogens is 1. The number of benzene rings is 1. The molecule has 0 spiro atoms. The van der Waals surface area contributed by atoms with Crippen LogP contribution in [-0.2, 0) is 6.42 Å². The molecule has 0 radical (unpaired) electrons. The van der Waals surface area contributed by atoms with Gasteiger partial charge in [-0.25, -0.2) is 4.39 Å². The summed E-state index contributed by atoms with van der Waals surface area (Å²) in [6.45, 7) is 2.03. The van der Waals surface area contributed by atoms with Gasteiger partial charge in [-0.3, -0.25) is 0 Å². The summed E-state index contributed by atoms with van der Waals surface area (Å²) in [6.07, 6.45) is 1.68. The summed E-state index contributed by atoms with van der Waals surface area (Å²) in [5, 5.41) is 11.3. The van der Waals surface area contributed by atoms with E-state index in [1.54, 1.807) is 6.07 Å². The molecule has 1 aromatic carbocycles. The summed E-state index contributed by atoms with van der Waals surface area (Å²) in [5.41, 5.74) is 6.11. The summed E-state index contributed by atoms with van der Waals surface area (Å²) < 4.78 is 14.8. The summed E-state index contributed by atoms with van der Waals surface area (Å²) in [7, 11) is 0. The molecule has 0 bridgehead atoms. The number of rotatable bonds is 3. The highest BCUT2D eigenvalue weighted by molar-refractivity contribution is 5.46. The number of nitrogens with two attached hydrogens (primary N) is 1. The Kier molecular flexibility index (Phi) is 2.80. The predicted octanol–water partition coefficient (Wildman–Crippen LogP) is 1.34. The van der Waals surface area contributed by atoms with E-state index >= 15 is 0 Å². The molecular formula is C10H12FN5. The maximum absolute atomic E-state index is 13.3. The van der Waals surface area contributed by atoms with Crippen LogP contribution in [0.25, 0.3) is 5.69 Å². The molecule has 0 atom stereocenters. The quantitative estimate of drug-likeness (QED) is 0.794. The molecule has 2 rings (SSSR count). The van der Waals surface area contributed by atoms with Gasteiger partial charge in [-0.05, 0) is 29.0 Å². The van der Waals surface area contributed by atoms with Crippen molar-refractivity contribution < 1.29 is 4.39 Å². The summed E-state index contributed by atoms with van der Waals surface area (Å²) in [4.78, 5) is 0. The minimum atomic E-state index is -0.463. The minimum Gasteiger partial charge on any atom is -0.396 e. The van der Waals surface area contributed by atoms with E-state index in [-0.39, 0.29) is 5.69 Å². The van der Waals surface area contributed by atoms with Crippen LogP contribution in [0.2, 0.25) is 0 Å². The lowest BCUT2D eigenvalue weighted by molar-refractivity contribution is 0.628. The number of hydrogen-bond acceptors (Lipinski definition) is 4. The van der Waals surface area contributed by atoms with Crippen LogP contribution in [0, 0.1) is 5.82 Å². The smallest absolute Gasteiger partial charge is 0.156 e. The molecule has 0 saturated carbocycles.